The van der Waals surface area contributed by atoms with Gasteiger partial charge in [0.25, 0.3) is 0 Å². The fraction of sp³-hybridized carbons (Fsp3) is 0.636. The molecule has 2 atom stereocenters. The van der Waals surface area contributed by atoms with Crippen LogP contribution in [0.4, 0.5) is 0 Å². The van der Waals surface area contributed by atoms with Crippen molar-refractivity contribution in [1.29, 1.82) is 0 Å². The molecule has 2 heterocycles. The molecule has 0 amide bonds. The van der Waals surface area contributed by atoms with Crippen LogP contribution in [0, 0.1) is 5.92 Å². The van der Waals surface area contributed by atoms with E-state index in [1.54, 1.807) is 12.4 Å². The molecule has 0 bridgehead atoms. The summed E-state index contributed by atoms with van der Waals surface area (Å²) in [6, 6.07) is 2.06. The number of nitrogens with zero attached hydrogens (tertiary/aromatic N) is 2. The highest BCUT2D eigenvalue weighted by Crippen LogP contribution is 2.25. The molecule has 1 aromatic heterocycles. The SMILES string of the molecule is CNC(c1ncccn1)C1CCCOC1. The topological polar surface area (TPSA) is 47.0 Å². The molecule has 0 radical (unpaired) electrons. The zero-order valence-electron chi connectivity index (χ0n) is 9.02. The van der Waals surface area contributed by atoms with Crippen molar-refractivity contribution in [2.24, 2.45) is 5.92 Å². The van der Waals surface area contributed by atoms with E-state index in [9.17, 15) is 0 Å². The summed E-state index contributed by atoms with van der Waals surface area (Å²) in [4.78, 5) is 8.59. The lowest BCUT2D eigenvalue weighted by molar-refractivity contribution is 0.0389. The summed E-state index contributed by atoms with van der Waals surface area (Å²) in [5, 5.41) is 3.28. The largest absolute Gasteiger partial charge is 0.381 e. The van der Waals surface area contributed by atoms with E-state index in [0.29, 0.717) is 5.92 Å². The van der Waals surface area contributed by atoms with Gasteiger partial charge >= 0.3 is 0 Å². The fourth-order valence-corrected chi connectivity index (χ4v) is 2.08. The first-order valence-electron chi connectivity index (χ1n) is 5.43. The van der Waals surface area contributed by atoms with Crippen molar-refractivity contribution in [1.82, 2.24) is 15.3 Å². The summed E-state index contributed by atoms with van der Waals surface area (Å²) in [6.07, 6.45) is 5.89. The third-order valence-electron chi connectivity index (χ3n) is 2.84. The quantitative estimate of drug-likeness (QED) is 0.808. The Balaban J connectivity index is 2.09. The Bertz CT molecular complexity index is 285. The molecule has 4 heteroatoms. The molecule has 0 saturated carbocycles. The Morgan fingerprint density at radius 2 is 2.27 bits per heavy atom. The third-order valence-corrected chi connectivity index (χ3v) is 2.84. The standard InChI is InChI=1S/C11H17N3O/c1-12-10(9-4-2-7-15-8-9)11-13-5-3-6-14-11/h3,5-6,9-10,12H,2,4,7-8H2,1H3. The van der Waals surface area contributed by atoms with Gasteiger partial charge in [0.05, 0.1) is 12.6 Å². The summed E-state index contributed by atoms with van der Waals surface area (Å²) in [5.74, 6) is 1.36. The molecule has 0 aromatic carbocycles. The van der Waals surface area contributed by atoms with Gasteiger partial charge in [-0.1, -0.05) is 0 Å². The summed E-state index contributed by atoms with van der Waals surface area (Å²) >= 11 is 0. The van der Waals surface area contributed by atoms with E-state index in [1.807, 2.05) is 13.1 Å². The van der Waals surface area contributed by atoms with Gasteiger partial charge in [-0.2, -0.15) is 0 Å². The maximum absolute atomic E-state index is 5.49. The molecule has 4 nitrogen and oxygen atoms in total. The predicted octanol–water partition coefficient (Wildman–Crippen LogP) is 1.16. The Morgan fingerprint density at radius 1 is 1.47 bits per heavy atom. The van der Waals surface area contributed by atoms with Gasteiger partial charge in [-0.05, 0) is 26.0 Å². The minimum Gasteiger partial charge on any atom is -0.381 e. The molecule has 0 aliphatic carbocycles. The first-order valence-corrected chi connectivity index (χ1v) is 5.43. The van der Waals surface area contributed by atoms with Crippen molar-refractivity contribution in [3.63, 3.8) is 0 Å². The third kappa shape index (κ3) is 2.52. The molecular formula is C11H17N3O. The van der Waals surface area contributed by atoms with Crippen molar-refractivity contribution in [3.8, 4) is 0 Å². The summed E-state index contributed by atoms with van der Waals surface area (Å²) in [6.45, 7) is 1.70. The second-order valence-electron chi connectivity index (χ2n) is 3.85. The van der Waals surface area contributed by atoms with E-state index in [4.69, 9.17) is 4.74 Å². The van der Waals surface area contributed by atoms with Gasteiger partial charge in [-0.25, -0.2) is 9.97 Å². The highest BCUT2D eigenvalue weighted by Gasteiger charge is 2.25. The lowest BCUT2D eigenvalue weighted by Crippen LogP contribution is -2.32. The highest BCUT2D eigenvalue weighted by atomic mass is 16.5. The Labute approximate surface area is 90.1 Å². The van der Waals surface area contributed by atoms with Crippen LogP contribution in [0.3, 0.4) is 0 Å². The van der Waals surface area contributed by atoms with Crippen molar-refractivity contribution >= 4 is 0 Å². The number of nitrogens with one attached hydrogen (secondary N) is 1. The molecule has 1 aliphatic heterocycles. The monoisotopic (exact) mass is 207 g/mol. The maximum atomic E-state index is 5.49. The average molecular weight is 207 g/mol. The van der Waals surface area contributed by atoms with Crippen LogP contribution in [0.25, 0.3) is 0 Å². The van der Waals surface area contributed by atoms with E-state index in [2.05, 4.69) is 15.3 Å². The van der Waals surface area contributed by atoms with Gasteiger partial charge in [-0.3, -0.25) is 0 Å². The lowest BCUT2D eigenvalue weighted by atomic mass is 9.93. The molecule has 82 valence electrons. The van der Waals surface area contributed by atoms with Gasteiger partial charge in [0.2, 0.25) is 0 Å². The molecule has 1 aliphatic rings. The van der Waals surface area contributed by atoms with Crippen LogP contribution >= 0.6 is 0 Å². The number of hydrogen-bond donors (Lipinski definition) is 1. The molecule has 2 rings (SSSR count). The molecule has 1 N–H and O–H groups in total. The predicted molar refractivity (Wildman–Crippen MR) is 57.4 cm³/mol. The molecule has 1 saturated heterocycles. The van der Waals surface area contributed by atoms with Gasteiger partial charge in [0, 0.05) is 24.9 Å². The first kappa shape index (κ1) is 10.5. The molecule has 15 heavy (non-hydrogen) atoms. The van der Waals surface area contributed by atoms with E-state index >= 15 is 0 Å². The smallest absolute Gasteiger partial charge is 0.145 e. The van der Waals surface area contributed by atoms with Gasteiger partial charge < -0.3 is 10.1 Å². The first-order chi connectivity index (χ1) is 7.42. The molecular weight excluding hydrogens is 190 g/mol. The number of rotatable bonds is 3. The molecule has 1 fully saturated rings. The second-order valence-corrected chi connectivity index (χ2v) is 3.85. The van der Waals surface area contributed by atoms with Crippen molar-refractivity contribution in [2.75, 3.05) is 20.3 Å². The normalized spacial score (nSPS) is 23.7. The van der Waals surface area contributed by atoms with Gasteiger partial charge in [0.1, 0.15) is 5.82 Å². The summed E-state index contributed by atoms with van der Waals surface area (Å²) in [5.41, 5.74) is 0. The van der Waals surface area contributed by atoms with Crippen molar-refractivity contribution in [3.05, 3.63) is 24.3 Å². The average Bonchev–Trinajstić information content (AvgIpc) is 2.33. The van der Waals surface area contributed by atoms with Crippen molar-refractivity contribution < 1.29 is 4.74 Å². The van der Waals surface area contributed by atoms with E-state index in [0.717, 1.165) is 25.5 Å². The van der Waals surface area contributed by atoms with E-state index in [-0.39, 0.29) is 6.04 Å². The molecule has 2 unspecified atom stereocenters. The van der Waals surface area contributed by atoms with Crippen LogP contribution < -0.4 is 5.32 Å². The van der Waals surface area contributed by atoms with Crippen LogP contribution in [0.5, 0.6) is 0 Å². The number of ether oxygens (including phenoxy) is 1. The van der Waals surface area contributed by atoms with Crippen LogP contribution in [0.1, 0.15) is 24.7 Å². The Hall–Kier alpha value is -1.00. The minimum atomic E-state index is 0.214. The second kappa shape index (κ2) is 5.19. The summed E-state index contributed by atoms with van der Waals surface area (Å²) in [7, 11) is 1.95. The van der Waals surface area contributed by atoms with Gasteiger partial charge in [-0.15, -0.1) is 0 Å². The van der Waals surface area contributed by atoms with E-state index in [1.165, 1.54) is 6.42 Å². The minimum absolute atomic E-state index is 0.214. The van der Waals surface area contributed by atoms with Crippen molar-refractivity contribution in [2.45, 2.75) is 18.9 Å². The zero-order chi connectivity index (χ0) is 10.5. The molecule has 1 aromatic rings. The van der Waals surface area contributed by atoms with Crippen LogP contribution in [0.2, 0.25) is 0 Å². The highest BCUT2D eigenvalue weighted by molar-refractivity contribution is 4.98. The van der Waals surface area contributed by atoms with Crippen LogP contribution in [-0.2, 0) is 4.74 Å². The maximum Gasteiger partial charge on any atom is 0.145 e. The Morgan fingerprint density at radius 3 is 2.87 bits per heavy atom. The fourth-order valence-electron chi connectivity index (χ4n) is 2.08. The van der Waals surface area contributed by atoms with Gasteiger partial charge in [0.15, 0.2) is 0 Å². The zero-order valence-corrected chi connectivity index (χ0v) is 9.02. The van der Waals surface area contributed by atoms with Crippen LogP contribution in [0.15, 0.2) is 18.5 Å². The lowest BCUT2D eigenvalue weighted by Gasteiger charge is -2.28. The van der Waals surface area contributed by atoms with Crippen LogP contribution in [-0.4, -0.2) is 30.2 Å². The Kier molecular flexibility index (Phi) is 3.64. The summed E-state index contributed by atoms with van der Waals surface area (Å²) < 4.78 is 5.49. The number of aromatic nitrogens is 2. The van der Waals surface area contributed by atoms with E-state index < -0.39 is 0 Å². The molecule has 0 spiro atoms. The number of hydrogen-bond acceptors (Lipinski definition) is 4.